The molecule has 1 fully saturated rings. The van der Waals surface area contributed by atoms with Crippen molar-refractivity contribution in [1.82, 2.24) is 4.90 Å². The van der Waals surface area contributed by atoms with E-state index in [1.165, 1.54) is 17.0 Å². The highest BCUT2D eigenvalue weighted by molar-refractivity contribution is 5.70. The minimum atomic E-state index is -1.02. The third kappa shape index (κ3) is 4.08. The largest absolute Gasteiger partial charge is 0.487 e. The summed E-state index contributed by atoms with van der Waals surface area (Å²) in [7, 11) is 0. The van der Waals surface area contributed by atoms with E-state index in [1.54, 1.807) is 0 Å². The van der Waals surface area contributed by atoms with Gasteiger partial charge in [0.2, 0.25) is 0 Å². The highest BCUT2D eigenvalue weighted by Gasteiger charge is 2.24. The fourth-order valence-electron chi connectivity index (χ4n) is 2.27. The van der Waals surface area contributed by atoms with E-state index in [0.29, 0.717) is 31.5 Å². The lowest BCUT2D eigenvalue weighted by atomic mass is 10.1. The van der Waals surface area contributed by atoms with Crippen LogP contribution in [0.2, 0.25) is 0 Å². The van der Waals surface area contributed by atoms with Crippen LogP contribution in [0.4, 0.5) is 9.18 Å². The molecule has 0 aliphatic carbocycles. The van der Waals surface area contributed by atoms with Gasteiger partial charge in [0.1, 0.15) is 6.10 Å². The van der Waals surface area contributed by atoms with E-state index >= 15 is 0 Å². The predicted octanol–water partition coefficient (Wildman–Crippen LogP) is 1.97. The van der Waals surface area contributed by atoms with Crippen molar-refractivity contribution in [3.05, 3.63) is 29.6 Å². The summed E-state index contributed by atoms with van der Waals surface area (Å²) in [5.41, 5.74) is 0.369. The van der Waals surface area contributed by atoms with Crippen molar-refractivity contribution in [2.45, 2.75) is 25.4 Å². The molecule has 0 aromatic heterocycles. The summed E-state index contributed by atoms with van der Waals surface area (Å²) >= 11 is 0. The van der Waals surface area contributed by atoms with Gasteiger partial charge in [-0.25, -0.2) is 9.18 Å². The molecule has 1 heterocycles. The number of likely N-dealkylation sites (tertiary alicyclic amines) is 1. The van der Waals surface area contributed by atoms with Crippen molar-refractivity contribution in [3.8, 4) is 5.75 Å². The minimum absolute atomic E-state index is 0.0675. The first-order valence-electron chi connectivity index (χ1n) is 6.60. The molecule has 7 heteroatoms. The molecule has 2 N–H and O–H groups in total. The van der Waals surface area contributed by atoms with Crippen LogP contribution >= 0.6 is 0 Å². The second kappa shape index (κ2) is 6.43. The van der Waals surface area contributed by atoms with Gasteiger partial charge in [0.25, 0.3) is 0 Å². The number of carbonyl (C=O) groups is 2. The first kappa shape index (κ1) is 15.1. The van der Waals surface area contributed by atoms with Crippen molar-refractivity contribution >= 4 is 12.1 Å². The molecule has 1 aliphatic heterocycles. The molecule has 114 valence electrons. The van der Waals surface area contributed by atoms with Gasteiger partial charge in [-0.3, -0.25) is 4.79 Å². The fourth-order valence-corrected chi connectivity index (χ4v) is 2.27. The number of piperidine rings is 1. The van der Waals surface area contributed by atoms with Gasteiger partial charge in [0.15, 0.2) is 11.6 Å². The van der Waals surface area contributed by atoms with E-state index in [9.17, 15) is 14.0 Å². The Bertz CT molecular complexity index is 540. The van der Waals surface area contributed by atoms with E-state index in [4.69, 9.17) is 14.9 Å². The van der Waals surface area contributed by atoms with Gasteiger partial charge >= 0.3 is 12.1 Å². The van der Waals surface area contributed by atoms with Crippen LogP contribution in [-0.2, 0) is 11.2 Å². The summed E-state index contributed by atoms with van der Waals surface area (Å²) in [6, 6.07) is 4.08. The zero-order valence-corrected chi connectivity index (χ0v) is 11.3. The Morgan fingerprint density at radius 3 is 2.48 bits per heavy atom. The number of aliphatic carboxylic acids is 1. The standard InChI is InChI=1S/C14H16FNO5/c15-11-7-9(8-13(17)18)1-2-12(11)21-10-3-5-16(6-4-10)14(19)20/h1-2,7,10H,3-6,8H2,(H,17,18)(H,19,20). The van der Waals surface area contributed by atoms with Crippen LogP contribution in [-0.4, -0.2) is 46.4 Å². The molecule has 2 rings (SSSR count). The molecule has 0 bridgehead atoms. The van der Waals surface area contributed by atoms with Crippen molar-refractivity contribution < 1.29 is 28.9 Å². The average Bonchev–Trinajstić information content (AvgIpc) is 2.42. The first-order valence-corrected chi connectivity index (χ1v) is 6.60. The molecule has 6 nitrogen and oxygen atoms in total. The van der Waals surface area contributed by atoms with Crippen LogP contribution < -0.4 is 4.74 Å². The highest BCUT2D eigenvalue weighted by Crippen LogP contribution is 2.23. The van der Waals surface area contributed by atoms with Crippen LogP contribution in [0, 0.1) is 5.82 Å². The van der Waals surface area contributed by atoms with Crippen LogP contribution in [0.25, 0.3) is 0 Å². The molecular formula is C14H16FNO5. The van der Waals surface area contributed by atoms with Gasteiger partial charge in [-0.15, -0.1) is 0 Å². The maximum Gasteiger partial charge on any atom is 0.407 e. The van der Waals surface area contributed by atoms with Crippen LogP contribution in [0.15, 0.2) is 18.2 Å². The van der Waals surface area contributed by atoms with E-state index in [-0.39, 0.29) is 18.3 Å². The normalized spacial score (nSPS) is 15.8. The number of rotatable bonds is 4. The Hall–Kier alpha value is -2.31. The average molecular weight is 297 g/mol. The summed E-state index contributed by atoms with van der Waals surface area (Å²) < 4.78 is 19.4. The molecule has 1 amide bonds. The maximum absolute atomic E-state index is 13.8. The Morgan fingerprint density at radius 1 is 1.29 bits per heavy atom. The summed E-state index contributed by atoms with van der Waals surface area (Å²) in [5.74, 6) is -1.56. The third-order valence-corrected chi connectivity index (χ3v) is 3.36. The van der Waals surface area contributed by atoms with Gasteiger partial charge in [-0.2, -0.15) is 0 Å². The summed E-state index contributed by atoms with van der Waals surface area (Å²) in [4.78, 5) is 22.6. The monoisotopic (exact) mass is 297 g/mol. The van der Waals surface area contributed by atoms with Crippen LogP contribution in [0.3, 0.4) is 0 Å². The smallest absolute Gasteiger partial charge is 0.407 e. The van der Waals surface area contributed by atoms with Crippen molar-refractivity contribution in [3.63, 3.8) is 0 Å². The lowest BCUT2D eigenvalue weighted by Gasteiger charge is -2.30. The summed E-state index contributed by atoms with van der Waals surface area (Å²) in [5, 5.41) is 17.5. The molecule has 1 aromatic rings. The molecule has 0 spiro atoms. The van der Waals surface area contributed by atoms with Crippen LogP contribution in [0.5, 0.6) is 5.75 Å². The number of hydrogen-bond acceptors (Lipinski definition) is 3. The first-order chi connectivity index (χ1) is 9.95. The summed E-state index contributed by atoms with van der Waals surface area (Å²) in [6.45, 7) is 0.720. The number of benzene rings is 1. The van der Waals surface area contributed by atoms with Gasteiger partial charge < -0.3 is 19.8 Å². The minimum Gasteiger partial charge on any atom is -0.487 e. The Balaban J connectivity index is 1.94. The van der Waals surface area contributed by atoms with E-state index in [2.05, 4.69) is 0 Å². The molecule has 1 aromatic carbocycles. The zero-order valence-electron chi connectivity index (χ0n) is 11.3. The van der Waals surface area contributed by atoms with Crippen molar-refractivity contribution in [2.75, 3.05) is 13.1 Å². The third-order valence-electron chi connectivity index (χ3n) is 3.36. The predicted molar refractivity (Wildman–Crippen MR) is 71.0 cm³/mol. The lowest BCUT2D eigenvalue weighted by molar-refractivity contribution is -0.136. The Labute approximate surface area is 120 Å². The molecule has 1 saturated heterocycles. The number of ether oxygens (including phenoxy) is 1. The zero-order chi connectivity index (χ0) is 15.4. The maximum atomic E-state index is 13.8. The van der Waals surface area contributed by atoms with Gasteiger partial charge in [-0.05, 0) is 17.7 Å². The molecule has 0 unspecified atom stereocenters. The summed E-state index contributed by atoms with van der Waals surface area (Å²) in [6.07, 6.45) is -0.433. The SMILES string of the molecule is O=C(O)Cc1ccc(OC2CCN(C(=O)O)CC2)c(F)c1. The molecule has 0 radical (unpaired) electrons. The molecule has 0 atom stereocenters. The Kier molecular flexibility index (Phi) is 4.62. The van der Waals surface area contributed by atoms with Crippen LogP contribution in [0.1, 0.15) is 18.4 Å². The van der Waals surface area contributed by atoms with E-state index in [0.717, 1.165) is 6.07 Å². The van der Waals surface area contributed by atoms with Gasteiger partial charge in [0.05, 0.1) is 6.42 Å². The second-order valence-electron chi connectivity index (χ2n) is 4.92. The number of carboxylic acids is 1. The number of halogens is 1. The van der Waals surface area contributed by atoms with Gasteiger partial charge in [-0.1, -0.05) is 6.07 Å². The van der Waals surface area contributed by atoms with Crippen molar-refractivity contribution in [1.29, 1.82) is 0 Å². The van der Waals surface area contributed by atoms with Crippen molar-refractivity contribution in [2.24, 2.45) is 0 Å². The van der Waals surface area contributed by atoms with E-state index in [1.807, 2.05) is 0 Å². The highest BCUT2D eigenvalue weighted by atomic mass is 19.1. The quantitative estimate of drug-likeness (QED) is 0.887. The number of nitrogens with zero attached hydrogens (tertiary/aromatic N) is 1. The second-order valence-corrected chi connectivity index (χ2v) is 4.92. The Morgan fingerprint density at radius 2 is 1.95 bits per heavy atom. The van der Waals surface area contributed by atoms with Gasteiger partial charge in [0, 0.05) is 25.9 Å². The molecule has 21 heavy (non-hydrogen) atoms. The molecule has 1 aliphatic rings. The fraction of sp³-hybridized carbons (Fsp3) is 0.429. The number of carboxylic acid groups (broad SMARTS) is 2. The molecular weight excluding hydrogens is 281 g/mol. The number of amides is 1. The molecule has 0 saturated carbocycles. The topological polar surface area (TPSA) is 87.1 Å². The number of hydrogen-bond donors (Lipinski definition) is 2. The van der Waals surface area contributed by atoms with E-state index < -0.39 is 17.9 Å². The lowest BCUT2D eigenvalue weighted by Crippen LogP contribution is -2.41.